The molecule has 0 atom stereocenters. The molecule has 0 radical (unpaired) electrons. The van der Waals surface area contributed by atoms with Gasteiger partial charge in [0.1, 0.15) is 12.7 Å². The van der Waals surface area contributed by atoms with Crippen LogP contribution in [0, 0.1) is 0 Å². The number of nitrogens with zero attached hydrogens (tertiary/aromatic N) is 3. The molecule has 2 rings (SSSR count). The third-order valence-corrected chi connectivity index (χ3v) is 3.96. The van der Waals surface area contributed by atoms with E-state index >= 15 is 0 Å². The summed E-state index contributed by atoms with van der Waals surface area (Å²) in [6.45, 7) is 0. The maximum Gasteiger partial charge on any atom is 0.151 e. The Balaban J connectivity index is 2.49. The summed E-state index contributed by atoms with van der Waals surface area (Å²) in [5.41, 5.74) is 0.787. The van der Waals surface area contributed by atoms with Crippen molar-refractivity contribution in [3.63, 3.8) is 0 Å². The van der Waals surface area contributed by atoms with E-state index in [9.17, 15) is 0 Å². The van der Waals surface area contributed by atoms with Gasteiger partial charge in [0.25, 0.3) is 0 Å². The molecule has 0 aliphatic heterocycles. The fraction of sp³-hybridized carbons (Fsp3) is 0. The van der Waals surface area contributed by atoms with E-state index in [1.807, 2.05) is 18.2 Å². The summed E-state index contributed by atoms with van der Waals surface area (Å²) in [5, 5.41) is 4.61. The highest BCUT2D eigenvalue weighted by atomic mass is 79.9. The molecular formula is C10H5Br2Cl2N3. The van der Waals surface area contributed by atoms with Crippen LogP contribution in [0.5, 0.6) is 0 Å². The van der Waals surface area contributed by atoms with Gasteiger partial charge in [0.2, 0.25) is 0 Å². The van der Waals surface area contributed by atoms with E-state index < -0.39 is 0 Å². The van der Waals surface area contributed by atoms with Crippen molar-refractivity contribution in [2.45, 2.75) is 0 Å². The van der Waals surface area contributed by atoms with Crippen molar-refractivity contribution in [3.8, 4) is 0 Å². The third-order valence-electron chi connectivity index (χ3n) is 1.97. The van der Waals surface area contributed by atoms with Gasteiger partial charge in [-0.1, -0.05) is 61.1 Å². The van der Waals surface area contributed by atoms with Gasteiger partial charge in [-0.15, -0.1) is 0 Å². The zero-order valence-electron chi connectivity index (χ0n) is 8.24. The largest absolute Gasteiger partial charge is 0.223 e. The van der Waals surface area contributed by atoms with Crippen molar-refractivity contribution in [3.05, 3.63) is 45.4 Å². The fourth-order valence-corrected chi connectivity index (χ4v) is 2.99. The van der Waals surface area contributed by atoms with E-state index in [4.69, 9.17) is 23.2 Å². The SMILES string of the molecule is ClC(=C(Cl)n1cncn1)c1ccc(Br)cc1Br. The summed E-state index contributed by atoms with van der Waals surface area (Å²) in [6, 6.07) is 5.63. The number of hydrogen-bond acceptors (Lipinski definition) is 2. The number of halogens is 4. The van der Waals surface area contributed by atoms with Gasteiger partial charge in [-0.2, -0.15) is 5.10 Å². The summed E-state index contributed by atoms with van der Waals surface area (Å²) < 4.78 is 3.20. The lowest BCUT2D eigenvalue weighted by atomic mass is 10.2. The van der Waals surface area contributed by atoms with Crippen molar-refractivity contribution in [1.82, 2.24) is 14.8 Å². The zero-order valence-corrected chi connectivity index (χ0v) is 12.9. The Hall–Kier alpha value is -0.360. The first-order valence-electron chi connectivity index (χ1n) is 4.45. The quantitative estimate of drug-likeness (QED) is 0.743. The molecule has 0 saturated heterocycles. The normalized spacial score (nSPS) is 12.5. The fourth-order valence-electron chi connectivity index (χ4n) is 1.19. The molecular weight excluding hydrogens is 393 g/mol. The van der Waals surface area contributed by atoms with Crippen LogP contribution < -0.4 is 0 Å². The van der Waals surface area contributed by atoms with Crippen LogP contribution in [0.15, 0.2) is 39.8 Å². The van der Waals surface area contributed by atoms with E-state index in [2.05, 4.69) is 41.9 Å². The summed E-state index contributed by atoms with van der Waals surface area (Å²) in [4.78, 5) is 3.81. The smallest absolute Gasteiger partial charge is 0.151 e. The molecule has 0 fully saturated rings. The number of benzene rings is 1. The molecule has 0 saturated carbocycles. The van der Waals surface area contributed by atoms with Gasteiger partial charge in [0, 0.05) is 14.5 Å². The van der Waals surface area contributed by atoms with E-state index in [1.165, 1.54) is 17.3 Å². The van der Waals surface area contributed by atoms with Gasteiger partial charge >= 0.3 is 0 Å². The van der Waals surface area contributed by atoms with Crippen LogP contribution in [-0.2, 0) is 0 Å². The first kappa shape index (κ1) is 13.1. The Morgan fingerprint density at radius 1 is 1.24 bits per heavy atom. The zero-order chi connectivity index (χ0) is 12.4. The maximum atomic E-state index is 6.22. The van der Waals surface area contributed by atoms with Crippen molar-refractivity contribution >= 4 is 65.3 Å². The maximum absolute atomic E-state index is 6.22. The van der Waals surface area contributed by atoms with Crippen molar-refractivity contribution in [2.75, 3.05) is 0 Å². The lowest BCUT2D eigenvalue weighted by molar-refractivity contribution is 0.925. The Labute approximate surface area is 125 Å². The lowest BCUT2D eigenvalue weighted by Crippen LogP contribution is -1.94. The van der Waals surface area contributed by atoms with E-state index in [0.717, 1.165) is 14.5 Å². The van der Waals surface area contributed by atoms with Crippen LogP contribution in [0.3, 0.4) is 0 Å². The molecule has 3 nitrogen and oxygen atoms in total. The minimum Gasteiger partial charge on any atom is -0.223 e. The van der Waals surface area contributed by atoms with Crippen LogP contribution in [0.2, 0.25) is 0 Å². The average molecular weight is 398 g/mol. The van der Waals surface area contributed by atoms with Crippen LogP contribution in [0.25, 0.3) is 10.2 Å². The van der Waals surface area contributed by atoms with Gasteiger partial charge in [-0.25, -0.2) is 9.67 Å². The summed E-state index contributed by atoms with van der Waals surface area (Å²) >= 11 is 19.1. The van der Waals surface area contributed by atoms with Gasteiger partial charge in [-0.3, -0.25) is 0 Å². The van der Waals surface area contributed by atoms with Crippen molar-refractivity contribution in [1.29, 1.82) is 0 Å². The summed E-state index contributed by atoms with van der Waals surface area (Å²) in [6.07, 6.45) is 2.88. The molecule has 0 spiro atoms. The average Bonchev–Trinajstić information content (AvgIpc) is 2.80. The molecule has 17 heavy (non-hydrogen) atoms. The predicted octanol–water partition coefficient (Wildman–Crippen LogP) is 4.56. The molecule has 1 aromatic heterocycles. The van der Waals surface area contributed by atoms with E-state index in [-0.39, 0.29) is 0 Å². The molecule has 1 aromatic carbocycles. The van der Waals surface area contributed by atoms with Crippen LogP contribution >= 0.6 is 55.1 Å². The monoisotopic (exact) mass is 395 g/mol. The highest BCUT2D eigenvalue weighted by Crippen LogP contribution is 2.34. The molecule has 0 unspecified atom stereocenters. The van der Waals surface area contributed by atoms with E-state index in [1.54, 1.807) is 0 Å². The first-order valence-corrected chi connectivity index (χ1v) is 6.79. The van der Waals surface area contributed by atoms with Gasteiger partial charge < -0.3 is 0 Å². The molecule has 0 aliphatic carbocycles. The second-order valence-electron chi connectivity index (χ2n) is 3.07. The van der Waals surface area contributed by atoms with Crippen LogP contribution in [0.1, 0.15) is 5.56 Å². The van der Waals surface area contributed by atoms with Gasteiger partial charge in [0.15, 0.2) is 5.16 Å². The molecule has 88 valence electrons. The van der Waals surface area contributed by atoms with Crippen LogP contribution in [0.4, 0.5) is 0 Å². The van der Waals surface area contributed by atoms with E-state index in [0.29, 0.717) is 10.2 Å². The highest BCUT2D eigenvalue weighted by Gasteiger charge is 2.11. The molecule has 0 amide bonds. The second-order valence-corrected chi connectivity index (χ2v) is 5.58. The molecule has 0 aliphatic rings. The second kappa shape index (κ2) is 5.52. The minimum absolute atomic E-state index is 0.298. The number of hydrogen-bond donors (Lipinski definition) is 0. The Kier molecular flexibility index (Phi) is 4.25. The standard InChI is InChI=1S/C10H5Br2Cl2N3/c11-6-1-2-7(8(12)3-6)9(13)10(14)17-5-15-4-16-17/h1-5H. The number of aromatic nitrogens is 3. The van der Waals surface area contributed by atoms with Crippen molar-refractivity contribution < 1.29 is 0 Å². The lowest BCUT2D eigenvalue weighted by Gasteiger charge is -2.06. The Bertz CT molecular complexity index is 567. The Morgan fingerprint density at radius 3 is 2.59 bits per heavy atom. The molecule has 2 aromatic rings. The number of rotatable bonds is 2. The molecule has 0 bridgehead atoms. The molecule has 1 heterocycles. The molecule has 7 heteroatoms. The predicted molar refractivity (Wildman–Crippen MR) is 76.7 cm³/mol. The Morgan fingerprint density at radius 2 is 2.00 bits per heavy atom. The van der Waals surface area contributed by atoms with Crippen LogP contribution in [-0.4, -0.2) is 14.8 Å². The summed E-state index contributed by atoms with van der Waals surface area (Å²) in [5.74, 6) is 0. The highest BCUT2D eigenvalue weighted by molar-refractivity contribution is 9.11. The van der Waals surface area contributed by atoms with Gasteiger partial charge in [0.05, 0.1) is 5.03 Å². The van der Waals surface area contributed by atoms with Gasteiger partial charge in [-0.05, 0) is 12.1 Å². The minimum atomic E-state index is 0.298. The first-order chi connectivity index (χ1) is 8.09. The summed E-state index contributed by atoms with van der Waals surface area (Å²) in [7, 11) is 0. The van der Waals surface area contributed by atoms with Crippen molar-refractivity contribution in [2.24, 2.45) is 0 Å². The molecule has 0 N–H and O–H groups in total. The third kappa shape index (κ3) is 2.91. The topological polar surface area (TPSA) is 30.7 Å².